The monoisotopic (exact) mass is 239 g/mol. The third-order valence-electron chi connectivity index (χ3n) is 3.16. The Kier molecular flexibility index (Phi) is 2.67. The van der Waals surface area contributed by atoms with Gasteiger partial charge in [0.25, 0.3) is 0 Å². The van der Waals surface area contributed by atoms with Gasteiger partial charge in [0.05, 0.1) is 0 Å². The molecule has 0 bridgehead atoms. The second-order valence-corrected chi connectivity index (χ2v) is 5.59. The van der Waals surface area contributed by atoms with Crippen molar-refractivity contribution in [3.8, 4) is 5.75 Å². The fourth-order valence-electron chi connectivity index (χ4n) is 2.45. The van der Waals surface area contributed by atoms with E-state index in [1.807, 2.05) is 19.9 Å². The first kappa shape index (κ1) is 11.7. The van der Waals surface area contributed by atoms with E-state index in [1.54, 1.807) is 0 Å². The Balaban J connectivity index is 2.61. The van der Waals surface area contributed by atoms with E-state index in [4.69, 9.17) is 22.1 Å². The first-order valence-corrected chi connectivity index (χ1v) is 5.94. The van der Waals surface area contributed by atoms with E-state index in [0.717, 1.165) is 33.9 Å². The lowest BCUT2D eigenvalue weighted by atomic mass is 9.87. The minimum absolute atomic E-state index is 0.0110. The topological polar surface area (TPSA) is 35.2 Å². The Hall–Kier alpha value is -0.730. The van der Waals surface area contributed by atoms with E-state index >= 15 is 0 Å². The summed E-state index contributed by atoms with van der Waals surface area (Å²) in [4.78, 5) is 0. The van der Waals surface area contributed by atoms with Crippen LogP contribution in [-0.4, -0.2) is 5.60 Å². The first-order valence-electron chi connectivity index (χ1n) is 5.56. The van der Waals surface area contributed by atoms with Crippen molar-refractivity contribution in [3.05, 3.63) is 27.8 Å². The Bertz CT molecular complexity index is 440. The molecule has 1 aromatic rings. The van der Waals surface area contributed by atoms with E-state index in [2.05, 4.69) is 13.8 Å². The molecule has 1 heterocycles. The van der Waals surface area contributed by atoms with Gasteiger partial charge in [-0.05, 0) is 44.9 Å². The number of nitrogens with two attached hydrogens (primary N) is 1. The van der Waals surface area contributed by atoms with Crippen LogP contribution in [0.5, 0.6) is 5.75 Å². The summed E-state index contributed by atoms with van der Waals surface area (Å²) in [6, 6.07) is 2.00. The summed E-state index contributed by atoms with van der Waals surface area (Å²) in [7, 11) is 0. The number of hydrogen-bond acceptors (Lipinski definition) is 2. The van der Waals surface area contributed by atoms with Gasteiger partial charge in [-0.2, -0.15) is 0 Å². The standard InChI is InChI=1S/C13H18ClNO/c1-7-5-10-11(8(2)12(7)14)9(15)6-13(3,4)16-10/h5,9H,6,15H2,1-4H3. The molecule has 1 aliphatic rings. The maximum Gasteiger partial charge on any atom is 0.125 e. The second kappa shape index (κ2) is 3.64. The Labute approximate surface area is 102 Å². The maximum atomic E-state index is 6.24. The molecule has 1 aliphatic heterocycles. The minimum atomic E-state index is -0.195. The SMILES string of the molecule is Cc1cc2c(c(C)c1Cl)C(N)CC(C)(C)O2. The minimum Gasteiger partial charge on any atom is -0.487 e. The summed E-state index contributed by atoms with van der Waals surface area (Å²) in [6.45, 7) is 8.13. The molecular formula is C13H18ClNO. The molecule has 0 fully saturated rings. The van der Waals surface area contributed by atoms with Crippen LogP contribution in [0.15, 0.2) is 6.07 Å². The van der Waals surface area contributed by atoms with Crippen LogP contribution in [-0.2, 0) is 0 Å². The van der Waals surface area contributed by atoms with Gasteiger partial charge in [0, 0.05) is 23.0 Å². The van der Waals surface area contributed by atoms with Gasteiger partial charge in [-0.3, -0.25) is 0 Å². The molecule has 1 atom stereocenters. The third kappa shape index (κ3) is 1.80. The number of aryl methyl sites for hydroxylation is 1. The van der Waals surface area contributed by atoms with Gasteiger partial charge in [-0.1, -0.05) is 11.6 Å². The lowest BCUT2D eigenvalue weighted by Gasteiger charge is -2.37. The highest BCUT2D eigenvalue weighted by molar-refractivity contribution is 6.32. The van der Waals surface area contributed by atoms with Gasteiger partial charge < -0.3 is 10.5 Å². The summed E-state index contributed by atoms with van der Waals surface area (Å²) in [6.07, 6.45) is 0.820. The summed E-state index contributed by atoms with van der Waals surface area (Å²) < 4.78 is 5.97. The smallest absolute Gasteiger partial charge is 0.125 e. The number of ether oxygens (including phenoxy) is 1. The number of fused-ring (bicyclic) bond motifs is 1. The van der Waals surface area contributed by atoms with Crippen molar-refractivity contribution < 1.29 is 4.74 Å². The summed E-state index contributed by atoms with van der Waals surface area (Å²) in [5, 5.41) is 0.803. The van der Waals surface area contributed by atoms with Crippen molar-refractivity contribution >= 4 is 11.6 Å². The van der Waals surface area contributed by atoms with Crippen LogP contribution >= 0.6 is 11.6 Å². The zero-order valence-electron chi connectivity index (χ0n) is 10.2. The lowest BCUT2D eigenvalue weighted by Crippen LogP contribution is -2.37. The number of halogens is 1. The van der Waals surface area contributed by atoms with Gasteiger partial charge in [-0.25, -0.2) is 0 Å². The van der Waals surface area contributed by atoms with E-state index in [0.29, 0.717) is 0 Å². The van der Waals surface area contributed by atoms with Crippen LogP contribution in [0.25, 0.3) is 0 Å². The highest BCUT2D eigenvalue weighted by atomic mass is 35.5. The fourth-order valence-corrected chi connectivity index (χ4v) is 2.61. The second-order valence-electron chi connectivity index (χ2n) is 5.22. The van der Waals surface area contributed by atoms with Crippen molar-refractivity contribution in [2.24, 2.45) is 5.73 Å². The number of benzene rings is 1. The zero-order valence-corrected chi connectivity index (χ0v) is 11.0. The third-order valence-corrected chi connectivity index (χ3v) is 3.74. The molecule has 3 heteroatoms. The summed E-state index contributed by atoms with van der Waals surface area (Å²) in [5.74, 6) is 0.892. The summed E-state index contributed by atoms with van der Waals surface area (Å²) in [5.41, 5.74) is 9.17. The van der Waals surface area contributed by atoms with Gasteiger partial charge >= 0.3 is 0 Å². The molecule has 0 saturated heterocycles. The van der Waals surface area contributed by atoms with Gasteiger partial charge in [-0.15, -0.1) is 0 Å². The van der Waals surface area contributed by atoms with Crippen LogP contribution in [0.3, 0.4) is 0 Å². The molecule has 2 nitrogen and oxygen atoms in total. The van der Waals surface area contributed by atoms with Crippen molar-refractivity contribution in [1.29, 1.82) is 0 Å². The lowest BCUT2D eigenvalue weighted by molar-refractivity contribution is 0.0725. The predicted molar refractivity (Wildman–Crippen MR) is 67.2 cm³/mol. The van der Waals surface area contributed by atoms with Crippen molar-refractivity contribution in [1.82, 2.24) is 0 Å². The van der Waals surface area contributed by atoms with E-state index in [1.165, 1.54) is 0 Å². The highest BCUT2D eigenvalue weighted by Gasteiger charge is 2.33. The van der Waals surface area contributed by atoms with Gasteiger partial charge in [0.2, 0.25) is 0 Å². The zero-order chi connectivity index (χ0) is 12.1. The van der Waals surface area contributed by atoms with Crippen LogP contribution in [0.2, 0.25) is 5.02 Å². The van der Waals surface area contributed by atoms with Crippen molar-refractivity contribution in [2.45, 2.75) is 45.8 Å². The largest absolute Gasteiger partial charge is 0.487 e. The van der Waals surface area contributed by atoms with Crippen molar-refractivity contribution in [2.75, 3.05) is 0 Å². The molecule has 0 aromatic heterocycles. The van der Waals surface area contributed by atoms with E-state index in [9.17, 15) is 0 Å². The van der Waals surface area contributed by atoms with Crippen LogP contribution < -0.4 is 10.5 Å². The molecule has 1 aromatic carbocycles. The van der Waals surface area contributed by atoms with E-state index in [-0.39, 0.29) is 11.6 Å². The average molecular weight is 240 g/mol. The Morgan fingerprint density at radius 1 is 1.44 bits per heavy atom. The maximum absolute atomic E-state index is 6.24. The van der Waals surface area contributed by atoms with Crippen LogP contribution in [0.1, 0.15) is 43.0 Å². The Morgan fingerprint density at radius 2 is 2.06 bits per heavy atom. The predicted octanol–water partition coefficient (Wildman–Crippen LogP) is 3.52. The molecule has 0 aliphatic carbocycles. The first-order chi connectivity index (χ1) is 7.32. The normalized spacial score (nSPS) is 22.5. The van der Waals surface area contributed by atoms with Gasteiger partial charge in [0.15, 0.2) is 0 Å². The fraction of sp³-hybridized carbons (Fsp3) is 0.538. The number of hydrogen-bond donors (Lipinski definition) is 1. The highest BCUT2D eigenvalue weighted by Crippen LogP contribution is 2.43. The quantitative estimate of drug-likeness (QED) is 0.752. The molecule has 88 valence electrons. The molecule has 1 unspecified atom stereocenters. The molecule has 0 saturated carbocycles. The molecule has 16 heavy (non-hydrogen) atoms. The average Bonchev–Trinajstić information content (AvgIpc) is 2.11. The van der Waals surface area contributed by atoms with Crippen LogP contribution in [0.4, 0.5) is 0 Å². The Morgan fingerprint density at radius 3 is 2.69 bits per heavy atom. The summed E-state index contributed by atoms with van der Waals surface area (Å²) >= 11 is 6.24. The van der Waals surface area contributed by atoms with Crippen molar-refractivity contribution in [3.63, 3.8) is 0 Å². The van der Waals surface area contributed by atoms with Crippen LogP contribution in [0, 0.1) is 13.8 Å². The molecule has 2 N–H and O–H groups in total. The van der Waals surface area contributed by atoms with E-state index < -0.39 is 0 Å². The molecular weight excluding hydrogens is 222 g/mol. The molecule has 2 rings (SSSR count). The molecule has 0 spiro atoms. The molecule has 0 radical (unpaired) electrons. The number of rotatable bonds is 0. The molecule has 0 amide bonds. The van der Waals surface area contributed by atoms with Gasteiger partial charge in [0.1, 0.15) is 11.4 Å².